The molecular weight excluding hydrogens is 631 g/mol. The maximum atomic E-state index is 15.9. The van der Waals surface area contributed by atoms with Crippen molar-refractivity contribution in [1.82, 2.24) is 25.1 Å². The van der Waals surface area contributed by atoms with Crippen molar-refractivity contribution in [2.75, 3.05) is 13.7 Å². The van der Waals surface area contributed by atoms with Gasteiger partial charge in [0.25, 0.3) is 5.91 Å². The highest BCUT2D eigenvalue weighted by atomic mass is 35.5. The highest BCUT2D eigenvalue weighted by Gasteiger charge is 2.40. The number of carbonyl (C=O) groups is 1. The van der Waals surface area contributed by atoms with Crippen LogP contribution in [0, 0.1) is 17.5 Å². The molecule has 0 saturated heterocycles. The number of aliphatic hydroxyl groups is 2. The standard InChI is InChI=1S/C31H27ClF3N5O4S/c1-30(2,42)19-11-24(38-27(25(19)35)18-10-20(32)22(34)12-21(18)33)31(43,29-36-6-7-45-29)14-37-28(41)15-8-16-13-40(17-4-5-17)39-26(16)23(9-15)44-3/h6-13,17,42-43H,4-5,14H2,1-3H3,(H,37,41)/t31-/m0/s1. The van der Waals surface area contributed by atoms with Gasteiger partial charge in [0.15, 0.2) is 11.4 Å². The van der Waals surface area contributed by atoms with Gasteiger partial charge in [-0.1, -0.05) is 11.6 Å². The molecule has 1 aliphatic rings. The molecule has 234 valence electrons. The van der Waals surface area contributed by atoms with Gasteiger partial charge in [0.05, 0.1) is 36.0 Å². The van der Waals surface area contributed by atoms with E-state index in [-0.39, 0.29) is 21.8 Å². The number of halogens is 4. The van der Waals surface area contributed by atoms with Crippen molar-refractivity contribution < 1.29 is 32.9 Å². The highest BCUT2D eigenvalue weighted by Crippen LogP contribution is 2.39. The number of aromatic nitrogens is 4. The minimum Gasteiger partial charge on any atom is -0.494 e. The van der Waals surface area contributed by atoms with Crippen LogP contribution in [0.3, 0.4) is 0 Å². The zero-order chi connectivity index (χ0) is 32.3. The third kappa shape index (κ3) is 5.76. The van der Waals surface area contributed by atoms with Crippen LogP contribution in [0.1, 0.15) is 59.4 Å². The maximum Gasteiger partial charge on any atom is 0.251 e. The number of nitrogens with zero attached hydrogens (tertiary/aromatic N) is 4. The molecule has 9 nitrogen and oxygen atoms in total. The number of hydrogen-bond acceptors (Lipinski definition) is 8. The van der Waals surface area contributed by atoms with Crippen molar-refractivity contribution in [3.05, 3.63) is 92.4 Å². The summed E-state index contributed by atoms with van der Waals surface area (Å²) in [4.78, 5) is 22.0. The predicted molar refractivity (Wildman–Crippen MR) is 162 cm³/mol. The van der Waals surface area contributed by atoms with Gasteiger partial charge < -0.3 is 20.3 Å². The molecule has 0 radical (unpaired) electrons. The first-order chi connectivity index (χ1) is 21.3. The average Bonchev–Trinajstić information content (AvgIpc) is 3.50. The summed E-state index contributed by atoms with van der Waals surface area (Å²) in [5.74, 6) is -3.51. The fourth-order valence-corrected chi connectivity index (χ4v) is 5.92. The molecule has 0 unspecified atom stereocenters. The van der Waals surface area contributed by atoms with Gasteiger partial charge in [0, 0.05) is 45.9 Å². The Labute approximate surface area is 264 Å². The van der Waals surface area contributed by atoms with Crippen LogP contribution in [0.5, 0.6) is 5.75 Å². The van der Waals surface area contributed by atoms with E-state index >= 15 is 4.39 Å². The maximum absolute atomic E-state index is 15.9. The number of benzene rings is 2. The van der Waals surface area contributed by atoms with Gasteiger partial charge in [-0.25, -0.2) is 23.1 Å². The Bertz CT molecular complexity index is 1940. The first-order valence-electron chi connectivity index (χ1n) is 13.9. The summed E-state index contributed by atoms with van der Waals surface area (Å²) >= 11 is 6.92. The highest BCUT2D eigenvalue weighted by molar-refractivity contribution is 7.09. The summed E-state index contributed by atoms with van der Waals surface area (Å²) in [5, 5.41) is 32.1. The smallest absolute Gasteiger partial charge is 0.251 e. The molecule has 3 aromatic heterocycles. The molecular formula is C31H27ClF3N5O4S. The Morgan fingerprint density at radius 1 is 1.16 bits per heavy atom. The second-order valence-corrected chi connectivity index (χ2v) is 12.7. The summed E-state index contributed by atoms with van der Waals surface area (Å²) < 4.78 is 52.1. The molecule has 5 aromatic rings. The van der Waals surface area contributed by atoms with E-state index in [9.17, 15) is 23.8 Å². The molecule has 6 rings (SSSR count). The molecule has 1 amide bonds. The lowest BCUT2D eigenvalue weighted by atomic mass is 9.90. The van der Waals surface area contributed by atoms with Gasteiger partial charge in [0.1, 0.15) is 33.6 Å². The number of carbonyl (C=O) groups excluding carboxylic acids is 1. The number of hydrogen-bond donors (Lipinski definition) is 3. The van der Waals surface area contributed by atoms with Crippen molar-refractivity contribution in [3.63, 3.8) is 0 Å². The van der Waals surface area contributed by atoms with Gasteiger partial charge in [-0.05, 0) is 51.0 Å². The van der Waals surface area contributed by atoms with E-state index in [1.165, 1.54) is 33.2 Å². The molecule has 1 saturated carbocycles. The number of nitrogens with one attached hydrogen (secondary N) is 1. The van der Waals surface area contributed by atoms with Crippen LogP contribution in [-0.4, -0.2) is 49.5 Å². The predicted octanol–water partition coefficient (Wildman–Crippen LogP) is 5.86. The number of pyridine rings is 1. The van der Waals surface area contributed by atoms with Crippen LogP contribution in [0.15, 0.2) is 48.1 Å². The first kappa shape index (κ1) is 31.0. The number of ether oxygens (including phenoxy) is 1. The van der Waals surface area contributed by atoms with Gasteiger partial charge in [0.2, 0.25) is 0 Å². The molecule has 45 heavy (non-hydrogen) atoms. The second kappa shape index (κ2) is 11.4. The monoisotopic (exact) mass is 657 g/mol. The van der Waals surface area contributed by atoms with E-state index in [1.807, 2.05) is 10.9 Å². The van der Waals surface area contributed by atoms with Crippen LogP contribution < -0.4 is 10.1 Å². The topological polar surface area (TPSA) is 122 Å². The lowest BCUT2D eigenvalue weighted by Gasteiger charge is -2.29. The SMILES string of the molecule is COc1cc(C(=O)NC[C@](O)(c2cc(C(C)(C)O)c(F)c(-c3cc(Cl)c(F)cc3F)n2)c2nccs2)cc2cn(C3CC3)nc12. The molecule has 0 bridgehead atoms. The van der Waals surface area contributed by atoms with Crippen molar-refractivity contribution >= 4 is 39.7 Å². The Morgan fingerprint density at radius 2 is 1.91 bits per heavy atom. The van der Waals surface area contributed by atoms with Crippen LogP contribution in [-0.2, 0) is 11.2 Å². The minimum atomic E-state index is -2.18. The van der Waals surface area contributed by atoms with Crippen LogP contribution in [0.2, 0.25) is 5.02 Å². The van der Waals surface area contributed by atoms with E-state index in [2.05, 4.69) is 20.4 Å². The summed E-state index contributed by atoms with van der Waals surface area (Å²) in [5.41, 5.74) is -4.91. The van der Waals surface area contributed by atoms with Gasteiger partial charge in [-0.2, -0.15) is 5.10 Å². The van der Waals surface area contributed by atoms with Crippen molar-refractivity contribution in [2.45, 2.75) is 43.9 Å². The lowest BCUT2D eigenvalue weighted by Crippen LogP contribution is -2.42. The molecule has 3 heterocycles. The van der Waals surface area contributed by atoms with Crippen LogP contribution >= 0.6 is 22.9 Å². The van der Waals surface area contributed by atoms with Gasteiger partial charge >= 0.3 is 0 Å². The summed E-state index contributed by atoms with van der Waals surface area (Å²) in [6, 6.07) is 5.98. The van der Waals surface area contributed by atoms with E-state index in [4.69, 9.17) is 16.3 Å². The Morgan fingerprint density at radius 3 is 2.56 bits per heavy atom. The zero-order valence-electron chi connectivity index (χ0n) is 24.2. The van der Waals surface area contributed by atoms with Crippen molar-refractivity contribution in [1.29, 1.82) is 0 Å². The van der Waals surface area contributed by atoms with Gasteiger partial charge in [-0.15, -0.1) is 11.3 Å². The van der Waals surface area contributed by atoms with E-state index < -0.39 is 57.4 Å². The lowest BCUT2D eigenvalue weighted by molar-refractivity contribution is 0.0624. The number of rotatable bonds is 9. The molecule has 2 aromatic carbocycles. The fourth-order valence-electron chi connectivity index (χ4n) is 5.02. The van der Waals surface area contributed by atoms with Crippen molar-refractivity contribution in [2.24, 2.45) is 0 Å². The van der Waals surface area contributed by atoms with E-state index in [1.54, 1.807) is 11.4 Å². The first-order valence-corrected chi connectivity index (χ1v) is 15.1. The molecule has 3 N–H and O–H groups in total. The fraction of sp³-hybridized carbons (Fsp3) is 0.290. The molecule has 0 aliphatic heterocycles. The van der Waals surface area contributed by atoms with Crippen LogP contribution in [0.25, 0.3) is 22.2 Å². The number of methoxy groups -OCH3 is 1. The third-order valence-electron chi connectivity index (χ3n) is 7.59. The normalized spacial score (nSPS) is 14.9. The quantitative estimate of drug-likeness (QED) is 0.170. The minimum absolute atomic E-state index is 0.0749. The summed E-state index contributed by atoms with van der Waals surface area (Å²) in [7, 11) is 1.48. The van der Waals surface area contributed by atoms with Crippen LogP contribution in [0.4, 0.5) is 13.2 Å². The second-order valence-electron chi connectivity index (χ2n) is 11.4. The number of amides is 1. The summed E-state index contributed by atoms with van der Waals surface area (Å²) in [6.45, 7) is 2.09. The molecule has 1 atom stereocenters. The van der Waals surface area contributed by atoms with Gasteiger partial charge in [-0.3, -0.25) is 9.48 Å². The Kier molecular flexibility index (Phi) is 7.84. The Hall–Kier alpha value is -4.04. The largest absolute Gasteiger partial charge is 0.494 e. The molecule has 0 spiro atoms. The number of thiazole rings is 1. The van der Waals surface area contributed by atoms with E-state index in [0.29, 0.717) is 28.8 Å². The molecule has 14 heteroatoms. The Balaban J connectivity index is 1.42. The van der Waals surface area contributed by atoms with E-state index in [0.717, 1.165) is 36.3 Å². The number of fused-ring (bicyclic) bond motifs is 1. The zero-order valence-corrected chi connectivity index (χ0v) is 25.8. The third-order valence-corrected chi connectivity index (χ3v) is 8.80. The molecule has 1 aliphatic carbocycles. The summed E-state index contributed by atoms with van der Waals surface area (Å²) in [6.07, 6.45) is 5.31. The average molecular weight is 658 g/mol. The molecule has 1 fully saturated rings. The van der Waals surface area contributed by atoms with Crippen molar-refractivity contribution in [3.8, 4) is 17.0 Å².